The summed E-state index contributed by atoms with van der Waals surface area (Å²) in [6, 6.07) is 5.75. The third kappa shape index (κ3) is 3.71. The number of sulfone groups is 1. The lowest BCUT2D eigenvalue weighted by Crippen LogP contribution is -2.47. The van der Waals surface area contributed by atoms with Crippen LogP contribution in [0.25, 0.3) is 0 Å². The summed E-state index contributed by atoms with van der Waals surface area (Å²) in [6.07, 6.45) is 1.74. The number of likely N-dealkylation sites (tertiary alicyclic amines) is 1. The van der Waals surface area contributed by atoms with Crippen molar-refractivity contribution < 1.29 is 18.0 Å². The number of benzene rings is 1. The molecule has 0 aromatic heterocycles. The summed E-state index contributed by atoms with van der Waals surface area (Å²) in [5.41, 5.74) is 6.36. The van der Waals surface area contributed by atoms with Gasteiger partial charge < -0.3 is 10.6 Å². The first-order chi connectivity index (χ1) is 11.7. The van der Waals surface area contributed by atoms with Crippen LogP contribution in [-0.4, -0.2) is 43.0 Å². The van der Waals surface area contributed by atoms with E-state index in [9.17, 15) is 18.0 Å². The molecule has 1 aromatic carbocycles. The van der Waals surface area contributed by atoms with Crippen LogP contribution < -0.4 is 5.73 Å². The van der Waals surface area contributed by atoms with Crippen LogP contribution in [0.1, 0.15) is 38.7 Å². The molecule has 0 aliphatic carbocycles. The zero-order chi connectivity index (χ0) is 18.8. The van der Waals surface area contributed by atoms with Crippen LogP contribution in [0.15, 0.2) is 29.2 Å². The first-order valence-corrected chi connectivity index (χ1v) is 10.2. The maximum Gasteiger partial charge on any atom is 0.242 e. The monoisotopic (exact) mass is 366 g/mol. The van der Waals surface area contributed by atoms with Gasteiger partial charge in [0.15, 0.2) is 9.84 Å². The van der Waals surface area contributed by atoms with Gasteiger partial charge in [-0.15, -0.1) is 0 Å². The Bertz CT molecular complexity index is 743. The zero-order valence-corrected chi connectivity index (χ0v) is 15.8. The van der Waals surface area contributed by atoms with E-state index in [1.165, 1.54) is 17.0 Å². The lowest BCUT2D eigenvalue weighted by molar-refractivity contribution is -0.135. The summed E-state index contributed by atoms with van der Waals surface area (Å²) in [5, 5.41) is -1.15. The van der Waals surface area contributed by atoms with Gasteiger partial charge in [0.25, 0.3) is 0 Å². The molecule has 6 nitrogen and oxygen atoms in total. The lowest BCUT2D eigenvalue weighted by Gasteiger charge is -2.24. The summed E-state index contributed by atoms with van der Waals surface area (Å²) in [7, 11) is -3.82. The lowest BCUT2D eigenvalue weighted by atomic mass is 10.0. The number of carbonyl (C=O) groups excluding carboxylic acids is 2. The van der Waals surface area contributed by atoms with Crippen molar-refractivity contribution in [3.05, 3.63) is 29.8 Å². The average Bonchev–Trinajstić information content (AvgIpc) is 2.85. The van der Waals surface area contributed by atoms with Crippen molar-refractivity contribution in [2.75, 3.05) is 6.54 Å². The number of hydrogen-bond donors (Lipinski definition) is 1. The highest BCUT2D eigenvalue weighted by Crippen LogP contribution is 2.33. The molecule has 0 bridgehead atoms. The van der Waals surface area contributed by atoms with E-state index >= 15 is 0 Å². The van der Waals surface area contributed by atoms with E-state index in [1.54, 1.807) is 19.1 Å². The van der Waals surface area contributed by atoms with Crippen LogP contribution >= 0.6 is 0 Å². The van der Waals surface area contributed by atoms with Crippen LogP contribution in [0.2, 0.25) is 0 Å². The Labute approximate surface area is 149 Å². The van der Waals surface area contributed by atoms with Crippen molar-refractivity contribution in [3.8, 4) is 0 Å². The molecule has 2 amide bonds. The van der Waals surface area contributed by atoms with E-state index in [1.807, 2.05) is 13.8 Å². The summed E-state index contributed by atoms with van der Waals surface area (Å²) < 4.78 is 26.2. The van der Waals surface area contributed by atoms with Gasteiger partial charge in [-0.25, -0.2) is 8.42 Å². The molecular weight excluding hydrogens is 340 g/mol. The largest absolute Gasteiger partial charge is 0.368 e. The fourth-order valence-electron chi connectivity index (χ4n) is 3.53. The van der Waals surface area contributed by atoms with Gasteiger partial charge in [0.2, 0.25) is 11.8 Å². The molecule has 1 heterocycles. The van der Waals surface area contributed by atoms with E-state index in [4.69, 9.17) is 5.73 Å². The van der Waals surface area contributed by atoms with Crippen molar-refractivity contribution >= 4 is 21.7 Å². The minimum Gasteiger partial charge on any atom is -0.368 e. The smallest absolute Gasteiger partial charge is 0.242 e. The molecule has 1 fully saturated rings. The summed E-state index contributed by atoms with van der Waals surface area (Å²) in [4.78, 5) is 26.1. The minimum atomic E-state index is -3.82. The van der Waals surface area contributed by atoms with Gasteiger partial charge >= 0.3 is 0 Å². The molecule has 2 rings (SSSR count). The Morgan fingerprint density at radius 1 is 1.28 bits per heavy atom. The zero-order valence-electron chi connectivity index (χ0n) is 14.9. The quantitative estimate of drug-likeness (QED) is 0.793. The number of rotatable bonds is 7. The molecule has 7 heteroatoms. The van der Waals surface area contributed by atoms with Gasteiger partial charge in [-0.1, -0.05) is 38.0 Å². The van der Waals surface area contributed by atoms with Gasteiger partial charge in [0.1, 0.15) is 11.3 Å². The van der Waals surface area contributed by atoms with E-state index in [2.05, 4.69) is 0 Å². The Hall–Kier alpha value is -1.89. The fraction of sp³-hybridized carbons (Fsp3) is 0.556. The van der Waals surface area contributed by atoms with Crippen molar-refractivity contribution in [1.82, 2.24) is 4.90 Å². The molecule has 1 aromatic rings. The third-order valence-corrected chi connectivity index (χ3v) is 7.00. The molecule has 138 valence electrons. The predicted octanol–water partition coefficient (Wildman–Crippen LogP) is 1.66. The van der Waals surface area contributed by atoms with Gasteiger partial charge in [-0.05, 0) is 31.9 Å². The number of amides is 2. The van der Waals surface area contributed by atoms with Crippen molar-refractivity contribution in [2.24, 2.45) is 11.7 Å². The topological polar surface area (TPSA) is 97.5 Å². The highest BCUT2D eigenvalue weighted by molar-refractivity contribution is 7.92. The molecule has 0 radical (unpaired) electrons. The Morgan fingerprint density at radius 3 is 2.36 bits per heavy atom. The molecule has 3 atom stereocenters. The predicted molar refractivity (Wildman–Crippen MR) is 95.5 cm³/mol. The van der Waals surface area contributed by atoms with Gasteiger partial charge in [0.05, 0.1) is 4.90 Å². The molecule has 0 saturated carbocycles. The molecule has 1 aliphatic rings. The Morgan fingerprint density at radius 2 is 1.88 bits per heavy atom. The molecule has 1 saturated heterocycles. The number of aryl methyl sites for hydroxylation is 1. The van der Waals surface area contributed by atoms with Crippen LogP contribution in [-0.2, 0) is 19.4 Å². The van der Waals surface area contributed by atoms with Crippen LogP contribution in [0.3, 0.4) is 0 Å². The van der Waals surface area contributed by atoms with Gasteiger partial charge in [0, 0.05) is 12.5 Å². The Balaban J connectivity index is 2.44. The molecule has 1 unspecified atom stereocenters. The minimum absolute atomic E-state index is 0.145. The van der Waals surface area contributed by atoms with Crippen LogP contribution in [0.4, 0.5) is 0 Å². The molecule has 2 N–H and O–H groups in total. The van der Waals surface area contributed by atoms with E-state index in [0.717, 1.165) is 12.0 Å². The average molecular weight is 366 g/mol. The molecule has 1 aliphatic heterocycles. The second-order valence-corrected chi connectivity index (χ2v) is 8.71. The SMILES string of the molecule is CCC[C@H]1CN([C@@H](CC)C(N)=O)C(=O)C1S(=O)(=O)c1ccc(C)cc1. The number of nitrogens with zero attached hydrogens (tertiary/aromatic N) is 1. The highest BCUT2D eigenvalue weighted by atomic mass is 32.2. The number of hydrogen-bond acceptors (Lipinski definition) is 4. The summed E-state index contributed by atoms with van der Waals surface area (Å²) >= 11 is 0. The molecule has 0 spiro atoms. The van der Waals surface area contributed by atoms with E-state index in [0.29, 0.717) is 12.8 Å². The second-order valence-electron chi connectivity index (χ2n) is 6.64. The van der Waals surface area contributed by atoms with Crippen LogP contribution in [0.5, 0.6) is 0 Å². The molecule has 25 heavy (non-hydrogen) atoms. The van der Waals surface area contributed by atoms with E-state index < -0.39 is 32.9 Å². The van der Waals surface area contributed by atoms with E-state index in [-0.39, 0.29) is 17.4 Å². The van der Waals surface area contributed by atoms with Gasteiger partial charge in [-0.3, -0.25) is 9.59 Å². The van der Waals surface area contributed by atoms with Crippen molar-refractivity contribution in [1.29, 1.82) is 0 Å². The summed E-state index contributed by atoms with van der Waals surface area (Å²) in [6.45, 7) is 5.84. The standard InChI is InChI=1S/C18H26N2O4S/c1-4-6-13-11-20(15(5-2)17(19)21)18(22)16(13)25(23,24)14-9-7-12(3)8-10-14/h7-10,13,15-16H,4-6,11H2,1-3H3,(H2,19,21)/t13-,15-,16?/m0/s1. The normalized spacial score (nSPS) is 22.2. The molecular formula is C18H26N2O4S. The van der Waals surface area contributed by atoms with Crippen molar-refractivity contribution in [3.63, 3.8) is 0 Å². The first kappa shape index (κ1) is 19.4. The third-order valence-electron chi connectivity index (χ3n) is 4.82. The maximum absolute atomic E-state index is 13.1. The second kappa shape index (κ2) is 7.56. The number of primary amides is 1. The Kier molecular flexibility index (Phi) is 5.87. The van der Waals surface area contributed by atoms with Gasteiger partial charge in [-0.2, -0.15) is 0 Å². The first-order valence-electron chi connectivity index (χ1n) is 8.64. The number of nitrogens with two attached hydrogens (primary N) is 1. The maximum atomic E-state index is 13.1. The van der Waals surface area contributed by atoms with Crippen LogP contribution in [0, 0.1) is 12.8 Å². The fourth-order valence-corrected chi connectivity index (χ4v) is 5.47. The highest BCUT2D eigenvalue weighted by Gasteiger charge is 2.50. The number of carbonyl (C=O) groups is 2. The van der Waals surface area contributed by atoms with Crippen molar-refractivity contribution in [2.45, 2.75) is 56.2 Å². The summed E-state index contributed by atoms with van der Waals surface area (Å²) in [5.74, 6) is -1.44.